The van der Waals surface area contributed by atoms with Gasteiger partial charge in [0.1, 0.15) is 5.78 Å². The van der Waals surface area contributed by atoms with Crippen molar-refractivity contribution in [2.45, 2.75) is 296 Å². The van der Waals surface area contributed by atoms with Crippen LogP contribution in [-0.2, 0) is 9.59 Å². The fourth-order valence-electron chi connectivity index (χ4n) is 7.98. The summed E-state index contributed by atoms with van der Waals surface area (Å²) in [6, 6.07) is 0. The van der Waals surface area contributed by atoms with Crippen molar-refractivity contribution in [2.24, 2.45) is 0 Å². The molecule has 4 heteroatoms. The van der Waals surface area contributed by atoms with E-state index in [0.717, 1.165) is 57.8 Å². The van der Waals surface area contributed by atoms with Crippen LogP contribution in [-0.4, -0.2) is 29.4 Å². The predicted octanol–water partition coefficient (Wildman–Crippen LogP) is 17.0. The Kier molecular flexibility index (Phi) is 47.7. The van der Waals surface area contributed by atoms with Gasteiger partial charge in [0.25, 0.3) is 0 Å². The molecule has 0 saturated carbocycles. The second kappa shape index (κ2) is 48.9. The van der Waals surface area contributed by atoms with Crippen LogP contribution in [0.3, 0.4) is 0 Å². The molecule has 0 aromatic rings. The van der Waals surface area contributed by atoms with Crippen molar-refractivity contribution in [1.29, 1.82) is 0 Å². The molecule has 0 aliphatic rings. The van der Waals surface area contributed by atoms with Crippen molar-refractivity contribution in [1.82, 2.24) is 5.32 Å². The van der Waals surface area contributed by atoms with E-state index in [0.29, 0.717) is 18.7 Å². The van der Waals surface area contributed by atoms with E-state index >= 15 is 0 Å². The molecule has 0 saturated heterocycles. The van der Waals surface area contributed by atoms with Gasteiger partial charge in [-0.25, -0.2) is 0 Å². The summed E-state index contributed by atoms with van der Waals surface area (Å²) in [7, 11) is 0. The smallest absolute Gasteiger partial charge is 0.220 e. The molecule has 0 aliphatic heterocycles. The Morgan fingerprint density at radius 2 is 0.719 bits per heavy atom. The molecular weight excluding hydrogens is 699 g/mol. The first-order chi connectivity index (χ1) is 28.1. The molecular formula is C53H101NO3. The number of nitrogens with one attached hydrogen (secondary N) is 1. The van der Waals surface area contributed by atoms with Crippen LogP contribution in [0.4, 0.5) is 0 Å². The number of hydrogen-bond donors (Lipinski definition) is 2. The fourth-order valence-corrected chi connectivity index (χ4v) is 7.98. The molecule has 0 aromatic heterocycles. The van der Waals surface area contributed by atoms with Gasteiger partial charge in [-0.3, -0.25) is 9.59 Å². The highest BCUT2D eigenvalue weighted by molar-refractivity contribution is 5.78. The average Bonchev–Trinajstić information content (AvgIpc) is 3.21. The minimum atomic E-state index is -0.402. The van der Waals surface area contributed by atoms with Gasteiger partial charge in [-0.1, -0.05) is 237 Å². The van der Waals surface area contributed by atoms with E-state index in [9.17, 15) is 14.7 Å². The van der Waals surface area contributed by atoms with Gasteiger partial charge in [0.05, 0.1) is 6.10 Å². The fraction of sp³-hybridized carbons (Fsp3) is 0.887. The van der Waals surface area contributed by atoms with Gasteiger partial charge < -0.3 is 10.4 Å². The van der Waals surface area contributed by atoms with Gasteiger partial charge in [-0.05, 0) is 57.8 Å². The van der Waals surface area contributed by atoms with Crippen molar-refractivity contribution in [3.05, 3.63) is 24.3 Å². The number of hydrogen-bond acceptors (Lipinski definition) is 3. The van der Waals surface area contributed by atoms with Crippen molar-refractivity contribution in [3.8, 4) is 0 Å². The zero-order valence-electron chi connectivity index (χ0n) is 38.8. The SMILES string of the molecule is CCCCCC=CCC=CCCCCCCCC(=O)CCCCCCCCCCCCCCC(=O)NCC(O)CCCCCCCCCCCCCCCCCC. The highest BCUT2D eigenvalue weighted by Gasteiger charge is 2.07. The molecule has 57 heavy (non-hydrogen) atoms. The number of allylic oxidation sites excluding steroid dienone is 4. The molecule has 0 heterocycles. The number of unbranched alkanes of at least 4 members (excludes halogenated alkanes) is 34. The highest BCUT2D eigenvalue weighted by atomic mass is 16.3. The Labute approximate surface area is 357 Å². The third-order valence-corrected chi connectivity index (χ3v) is 11.9. The van der Waals surface area contributed by atoms with Crippen LogP contribution in [0, 0.1) is 0 Å². The van der Waals surface area contributed by atoms with Gasteiger partial charge in [0.2, 0.25) is 5.91 Å². The monoisotopic (exact) mass is 800 g/mol. The number of ketones is 1. The van der Waals surface area contributed by atoms with E-state index in [2.05, 4.69) is 43.5 Å². The largest absolute Gasteiger partial charge is 0.391 e. The van der Waals surface area contributed by atoms with E-state index in [1.54, 1.807) is 0 Å². The predicted molar refractivity (Wildman–Crippen MR) is 252 cm³/mol. The quantitative estimate of drug-likeness (QED) is 0.0476. The Balaban J connectivity index is 3.32. The molecule has 0 aliphatic carbocycles. The van der Waals surface area contributed by atoms with Crippen molar-refractivity contribution in [3.63, 3.8) is 0 Å². The minimum absolute atomic E-state index is 0.0994. The number of amides is 1. The third-order valence-electron chi connectivity index (χ3n) is 11.9. The molecule has 336 valence electrons. The zero-order chi connectivity index (χ0) is 41.4. The van der Waals surface area contributed by atoms with Crippen LogP contribution in [0.15, 0.2) is 24.3 Å². The maximum absolute atomic E-state index is 12.2. The van der Waals surface area contributed by atoms with Crippen molar-refractivity contribution in [2.75, 3.05) is 6.54 Å². The third kappa shape index (κ3) is 48.8. The van der Waals surface area contributed by atoms with Crippen LogP contribution in [0.2, 0.25) is 0 Å². The highest BCUT2D eigenvalue weighted by Crippen LogP contribution is 2.16. The van der Waals surface area contributed by atoms with Crippen LogP contribution < -0.4 is 5.32 Å². The molecule has 2 N–H and O–H groups in total. The number of Topliss-reactive ketones (excluding diaryl/α,β-unsaturated/α-hetero) is 1. The van der Waals surface area contributed by atoms with E-state index in [1.807, 2.05) is 0 Å². The van der Waals surface area contributed by atoms with Crippen LogP contribution in [0.5, 0.6) is 0 Å². The van der Waals surface area contributed by atoms with Crippen molar-refractivity contribution < 1.29 is 14.7 Å². The molecule has 0 rings (SSSR count). The summed E-state index contributed by atoms with van der Waals surface area (Å²) in [4.78, 5) is 24.4. The molecule has 0 radical (unpaired) electrons. The van der Waals surface area contributed by atoms with Gasteiger partial charge >= 0.3 is 0 Å². The summed E-state index contributed by atoms with van der Waals surface area (Å²) in [6.07, 6.45) is 62.0. The average molecular weight is 800 g/mol. The van der Waals surface area contributed by atoms with Crippen LogP contribution in [0.25, 0.3) is 0 Å². The first-order valence-electron chi connectivity index (χ1n) is 25.9. The van der Waals surface area contributed by atoms with Gasteiger partial charge in [0, 0.05) is 25.8 Å². The summed E-state index contributed by atoms with van der Waals surface area (Å²) in [6.45, 7) is 4.95. The lowest BCUT2D eigenvalue weighted by molar-refractivity contribution is -0.121. The molecule has 1 amide bonds. The lowest BCUT2D eigenvalue weighted by Crippen LogP contribution is -2.31. The summed E-state index contributed by atoms with van der Waals surface area (Å²) in [5.74, 6) is 0.582. The first-order valence-corrected chi connectivity index (χ1v) is 25.9. The summed E-state index contributed by atoms with van der Waals surface area (Å²) in [5, 5.41) is 13.2. The standard InChI is InChI=1S/C53H101NO3/c1-3-5-7-9-11-13-15-17-19-21-23-28-32-36-40-44-48-52(56)50-54-53(57)49-45-41-37-33-29-25-24-27-31-35-39-43-47-51(55)46-42-38-34-30-26-22-20-18-16-14-12-10-8-6-4-2/h12,14,18,20,52,56H,3-11,13,15-17,19,21-50H2,1-2H3,(H,54,57). The number of aliphatic hydroxyl groups excluding tert-OH is 1. The summed E-state index contributed by atoms with van der Waals surface area (Å²) >= 11 is 0. The lowest BCUT2D eigenvalue weighted by atomic mass is 10.0. The normalized spacial score (nSPS) is 12.3. The second-order valence-corrected chi connectivity index (χ2v) is 17.8. The molecule has 0 aromatic carbocycles. The van der Waals surface area contributed by atoms with E-state index in [-0.39, 0.29) is 5.91 Å². The molecule has 1 atom stereocenters. The van der Waals surface area contributed by atoms with E-state index in [4.69, 9.17) is 0 Å². The Hall–Kier alpha value is -1.42. The molecule has 1 unspecified atom stereocenters. The number of aliphatic hydroxyl groups is 1. The minimum Gasteiger partial charge on any atom is -0.391 e. The summed E-state index contributed by atoms with van der Waals surface area (Å²) in [5.41, 5.74) is 0. The number of carbonyl (C=O) groups excluding carboxylic acids is 2. The molecule has 0 spiro atoms. The Morgan fingerprint density at radius 3 is 1.14 bits per heavy atom. The number of carbonyl (C=O) groups is 2. The Bertz CT molecular complexity index is 866. The number of rotatable bonds is 48. The van der Waals surface area contributed by atoms with Gasteiger partial charge in [0.15, 0.2) is 0 Å². The van der Waals surface area contributed by atoms with Crippen molar-refractivity contribution >= 4 is 11.7 Å². The second-order valence-electron chi connectivity index (χ2n) is 17.8. The van der Waals surface area contributed by atoms with Gasteiger partial charge in [-0.15, -0.1) is 0 Å². The van der Waals surface area contributed by atoms with Crippen LogP contribution >= 0.6 is 0 Å². The molecule has 4 nitrogen and oxygen atoms in total. The van der Waals surface area contributed by atoms with Crippen LogP contribution in [0.1, 0.15) is 290 Å². The van der Waals surface area contributed by atoms with Gasteiger partial charge in [-0.2, -0.15) is 0 Å². The maximum atomic E-state index is 12.2. The maximum Gasteiger partial charge on any atom is 0.220 e. The summed E-state index contributed by atoms with van der Waals surface area (Å²) < 4.78 is 0. The molecule has 0 bridgehead atoms. The van der Waals surface area contributed by atoms with E-state index < -0.39 is 6.10 Å². The molecule has 0 fully saturated rings. The first kappa shape index (κ1) is 55.6. The lowest BCUT2D eigenvalue weighted by Gasteiger charge is -2.12. The van der Waals surface area contributed by atoms with E-state index in [1.165, 1.54) is 212 Å². The zero-order valence-corrected chi connectivity index (χ0v) is 38.8. The topological polar surface area (TPSA) is 66.4 Å². The Morgan fingerprint density at radius 1 is 0.404 bits per heavy atom.